The molecule has 1 aromatic rings. The molecule has 0 spiro atoms. The van der Waals surface area contributed by atoms with Crippen LogP contribution in [-0.2, 0) is 11.3 Å². The van der Waals surface area contributed by atoms with Crippen molar-refractivity contribution in [2.24, 2.45) is 5.92 Å². The Morgan fingerprint density at radius 1 is 1.73 bits per heavy atom. The lowest BCUT2D eigenvalue weighted by Crippen LogP contribution is -2.24. The molecule has 5 heteroatoms. The smallest absolute Gasteiger partial charge is 0.223 e. The van der Waals surface area contributed by atoms with Crippen LogP contribution in [0.15, 0.2) is 6.20 Å². The minimum Gasteiger partial charge on any atom is -0.396 e. The number of nitrogens with zero attached hydrogens (tertiary/aromatic N) is 2. The molecule has 4 nitrogen and oxygen atoms in total. The van der Waals surface area contributed by atoms with E-state index in [4.69, 9.17) is 5.11 Å². The van der Waals surface area contributed by atoms with E-state index < -0.39 is 0 Å². The van der Waals surface area contributed by atoms with Gasteiger partial charge in [0.1, 0.15) is 5.01 Å². The van der Waals surface area contributed by atoms with Crippen LogP contribution in [-0.4, -0.2) is 34.0 Å². The zero-order valence-corrected chi connectivity index (χ0v) is 9.46. The van der Waals surface area contributed by atoms with Crippen LogP contribution in [0.25, 0.3) is 0 Å². The maximum Gasteiger partial charge on any atom is 0.223 e. The van der Waals surface area contributed by atoms with Crippen LogP contribution < -0.4 is 0 Å². The van der Waals surface area contributed by atoms with Gasteiger partial charge in [-0.15, -0.1) is 11.3 Å². The fourth-order valence-electron chi connectivity index (χ4n) is 1.77. The van der Waals surface area contributed by atoms with Crippen LogP contribution in [0.5, 0.6) is 0 Å². The van der Waals surface area contributed by atoms with Crippen molar-refractivity contribution in [3.05, 3.63) is 16.1 Å². The summed E-state index contributed by atoms with van der Waals surface area (Å²) in [5.41, 5.74) is 0. The number of aliphatic hydroxyl groups is 1. The van der Waals surface area contributed by atoms with Crippen molar-refractivity contribution in [3.8, 4) is 0 Å². The van der Waals surface area contributed by atoms with Gasteiger partial charge in [0.25, 0.3) is 0 Å². The normalized spacial score (nSPS) is 21.3. The van der Waals surface area contributed by atoms with E-state index in [0.717, 1.165) is 9.88 Å². The van der Waals surface area contributed by atoms with E-state index in [2.05, 4.69) is 4.98 Å². The number of aromatic nitrogens is 1. The summed E-state index contributed by atoms with van der Waals surface area (Å²) in [7, 11) is 0. The summed E-state index contributed by atoms with van der Waals surface area (Å²) < 4.78 is 0. The number of amides is 1. The molecule has 1 aliphatic rings. The molecule has 1 N–H and O–H groups in total. The number of aryl methyl sites for hydroxylation is 1. The zero-order valence-electron chi connectivity index (χ0n) is 8.64. The summed E-state index contributed by atoms with van der Waals surface area (Å²) >= 11 is 1.62. The predicted octanol–water partition coefficient (Wildman–Crippen LogP) is 0.792. The van der Waals surface area contributed by atoms with Gasteiger partial charge in [-0.05, 0) is 6.92 Å². The molecule has 1 saturated heterocycles. The average Bonchev–Trinajstić information content (AvgIpc) is 2.75. The van der Waals surface area contributed by atoms with E-state index in [9.17, 15) is 4.79 Å². The largest absolute Gasteiger partial charge is 0.396 e. The number of likely N-dealkylation sites (tertiary alicyclic amines) is 1. The molecule has 0 bridgehead atoms. The third-order valence-corrected chi connectivity index (χ3v) is 3.45. The second-order valence-corrected chi connectivity index (χ2v) is 5.21. The molecule has 0 aliphatic carbocycles. The number of carbonyl (C=O) groups excluding carboxylic acids is 1. The van der Waals surface area contributed by atoms with Gasteiger partial charge < -0.3 is 10.0 Å². The fraction of sp³-hybridized carbons (Fsp3) is 0.600. The van der Waals surface area contributed by atoms with Crippen LogP contribution in [0.2, 0.25) is 0 Å². The van der Waals surface area contributed by atoms with Gasteiger partial charge in [0.05, 0.1) is 6.54 Å². The third kappa shape index (κ3) is 2.35. The molecule has 1 fully saturated rings. The Balaban J connectivity index is 1.98. The minimum absolute atomic E-state index is 0.0964. The maximum atomic E-state index is 11.5. The third-order valence-electron chi connectivity index (χ3n) is 2.55. The van der Waals surface area contributed by atoms with Crippen molar-refractivity contribution >= 4 is 17.2 Å². The summed E-state index contributed by atoms with van der Waals surface area (Å²) in [5, 5.41) is 9.95. The first kappa shape index (κ1) is 10.6. The molecule has 15 heavy (non-hydrogen) atoms. The number of rotatable bonds is 3. The Morgan fingerprint density at radius 2 is 2.53 bits per heavy atom. The molecular weight excluding hydrogens is 212 g/mol. The highest BCUT2D eigenvalue weighted by Gasteiger charge is 2.29. The van der Waals surface area contributed by atoms with Gasteiger partial charge >= 0.3 is 0 Å². The Hall–Kier alpha value is -0.940. The van der Waals surface area contributed by atoms with Crippen molar-refractivity contribution in [1.29, 1.82) is 0 Å². The molecule has 1 aliphatic heterocycles. The molecule has 1 aromatic heterocycles. The van der Waals surface area contributed by atoms with Crippen LogP contribution in [0.3, 0.4) is 0 Å². The molecule has 0 saturated carbocycles. The van der Waals surface area contributed by atoms with E-state index in [1.807, 2.05) is 13.1 Å². The Morgan fingerprint density at radius 3 is 3.07 bits per heavy atom. The van der Waals surface area contributed by atoms with Crippen LogP contribution >= 0.6 is 11.3 Å². The average molecular weight is 226 g/mol. The van der Waals surface area contributed by atoms with Crippen LogP contribution in [0.1, 0.15) is 16.3 Å². The zero-order chi connectivity index (χ0) is 10.8. The quantitative estimate of drug-likeness (QED) is 0.829. The lowest BCUT2D eigenvalue weighted by Gasteiger charge is -2.13. The SMILES string of the molecule is Cc1cnc(CN2CC(CO)CC2=O)s1. The minimum atomic E-state index is 0.0964. The van der Waals surface area contributed by atoms with Gasteiger partial charge in [0.2, 0.25) is 5.91 Å². The van der Waals surface area contributed by atoms with E-state index >= 15 is 0 Å². The second kappa shape index (κ2) is 4.28. The van der Waals surface area contributed by atoms with Crippen molar-refractivity contribution in [3.63, 3.8) is 0 Å². The molecule has 0 aromatic carbocycles. The first-order valence-corrected chi connectivity index (χ1v) is 5.80. The highest BCUT2D eigenvalue weighted by molar-refractivity contribution is 7.11. The van der Waals surface area contributed by atoms with Gasteiger partial charge in [-0.1, -0.05) is 0 Å². The standard InChI is InChI=1S/C10H14N2O2S/c1-7-3-11-9(15-7)5-12-4-8(6-13)2-10(12)14/h3,8,13H,2,4-6H2,1H3. The molecule has 1 unspecified atom stereocenters. The molecule has 2 heterocycles. The number of aliphatic hydroxyl groups excluding tert-OH is 1. The first-order chi connectivity index (χ1) is 7.19. The summed E-state index contributed by atoms with van der Waals surface area (Å²) in [4.78, 5) is 18.7. The monoisotopic (exact) mass is 226 g/mol. The van der Waals surface area contributed by atoms with E-state index in [1.54, 1.807) is 16.2 Å². The molecule has 82 valence electrons. The van der Waals surface area contributed by atoms with Gasteiger partial charge in [-0.2, -0.15) is 0 Å². The van der Waals surface area contributed by atoms with Crippen molar-refractivity contribution in [1.82, 2.24) is 9.88 Å². The first-order valence-electron chi connectivity index (χ1n) is 4.99. The second-order valence-electron chi connectivity index (χ2n) is 3.89. The van der Waals surface area contributed by atoms with Gasteiger partial charge in [0, 0.05) is 36.6 Å². The highest BCUT2D eigenvalue weighted by Crippen LogP contribution is 2.21. The Kier molecular flexibility index (Phi) is 3.02. The van der Waals surface area contributed by atoms with E-state index in [0.29, 0.717) is 19.5 Å². The highest BCUT2D eigenvalue weighted by atomic mass is 32.1. The van der Waals surface area contributed by atoms with Crippen LogP contribution in [0, 0.1) is 12.8 Å². The van der Waals surface area contributed by atoms with Crippen molar-refractivity contribution in [2.75, 3.05) is 13.2 Å². The summed E-state index contributed by atoms with van der Waals surface area (Å²) in [6.45, 7) is 3.35. The van der Waals surface area contributed by atoms with Crippen molar-refractivity contribution < 1.29 is 9.90 Å². The number of hydrogen-bond acceptors (Lipinski definition) is 4. The van der Waals surface area contributed by atoms with Crippen LogP contribution in [0.4, 0.5) is 0 Å². The number of hydrogen-bond donors (Lipinski definition) is 1. The van der Waals surface area contributed by atoms with Gasteiger partial charge in [-0.25, -0.2) is 4.98 Å². The summed E-state index contributed by atoms with van der Waals surface area (Å²) in [6, 6.07) is 0. The Labute approximate surface area is 92.6 Å². The fourth-order valence-corrected chi connectivity index (χ4v) is 2.57. The van der Waals surface area contributed by atoms with Gasteiger partial charge in [-0.3, -0.25) is 4.79 Å². The summed E-state index contributed by atoms with van der Waals surface area (Å²) in [5.74, 6) is 0.237. The molecule has 2 rings (SSSR count). The molecule has 1 atom stereocenters. The molecular formula is C10H14N2O2S. The maximum absolute atomic E-state index is 11.5. The predicted molar refractivity (Wildman–Crippen MR) is 57.5 cm³/mol. The Bertz CT molecular complexity index is 364. The van der Waals surface area contributed by atoms with Gasteiger partial charge in [0.15, 0.2) is 0 Å². The lowest BCUT2D eigenvalue weighted by molar-refractivity contribution is -0.128. The lowest BCUT2D eigenvalue weighted by atomic mass is 10.1. The van der Waals surface area contributed by atoms with E-state index in [1.165, 1.54) is 0 Å². The molecule has 0 radical (unpaired) electrons. The van der Waals surface area contributed by atoms with Crippen molar-refractivity contribution in [2.45, 2.75) is 19.9 Å². The topological polar surface area (TPSA) is 53.4 Å². The van der Waals surface area contributed by atoms with E-state index in [-0.39, 0.29) is 18.4 Å². The number of thiazole rings is 1. The molecule has 1 amide bonds. The number of carbonyl (C=O) groups is 1. The summed E-state index contributed by atoms with van der Waals surface area (Å²) in [6.07, 6.45) is 2.30.